The van der Waals surface area contributed by atoms with E-state index < -0.39 is 0 Å². The van der Waals surface area contributed by atoms with E-state index in [1.54, 1.807) is 0 Å². The standard InChI is InChI=1S/C17H26N2S/c1-3-9-18-13-10-15-7-8-16(11-13)19(15)14-5-4-6-17(12-14)20-2/h4-6,12-13,15-16,18H,3,7-11H2,1-2H3. The third-order valence-electron chi connectivity index (χ3n) is 4.77. The van der Waals surface area contributed by atoms with Crippen LogP contribution in [0, 0.1) is 0 Å². The Bertz CT molecular complexity index is 434. The van der Waals surface area contributed by atoms with Crippen LogP contribution in [0.15, 0.2) is 29.2 Å². The first-order valence-corrected chi connectivity index (χ1v) is 9.20. The van der Waals surface area contributed by atoms with Crippen LogP contribution in [0.4, 0.5) is 5.69 Å². The molecule has 2 fully saturated rings. The lowest BCUT2D eigenvalue weighted by Crippen LogP contribution is -2.49. The monoisotopic (exact) mass is 290 g/mol. The first-order valence-electron chi connectivity index (χ1n) is 7.97. The number of piperidine rings is 1. The van der Waals surface area contributed by atoms with Crippen molar-refractivity contribution in [3.63, 3.8) is 0 Å². The third-order valence-corrected chi connectivity index (χ3v) is 5.49. The number of nitrogens with zero attached hydrogens (tertiary/aromatic N) is 1. The minimum Gasteiger partial charge on any atom is -0.365 e. The number of rotatable bonds is 5. The molecule has 2 heterocycles. The lowest BCUT2D eigenvalue weighted by atomic mass is 9.96. The van der Waals surface area contributed by atoms with Gasteiger partial charge in [0.05, 0.1) is 0 Å². The summed E-state index contributed by atoms with van der Waals surface area (Å²) in [6.45, 7) is 3.43. The van der Waals surface area contributed by atoms with Crippen molar-refractivity contribution in [3.05, 3.63) is 24.3 Å². The molecule has 1 aromatic carbocycles. The number of fused-ring (bicyclic) bond motifs is 2. The normalized spacial score (nSPS) is 28.9. The topological polar surface area (TPSA) is 15.3 Å². The van der Waals surface area contributed by atoms with Gasteiger partial charge in [-0.15, -0.1) is 11.8 Å². The second-order valence-corrected chi connectivity index (χ2v) is 7.00. The predicted molar refractivity (Wildman–Crippen MR) is 88.8 cm³/mol. The molecule has 0 spiro atoms. The van der Waals surface area contributed by atoms with Crippen LogP contribution in [0.3, 0.4) is 0 Å². The fraction of sp³-hybridized carbons (Fsp3) is 0.647. The van der Waals surface area contributed by atoms with Crippen LogP contribution in [0.2, 0.25) is 0 Å². The van der Waals surface area contributed by atoms with Crippen LogP contribution >= 0.6 is 11.8 Å². The van der Waals surface area contributed by atoms with E-state index in [4.69, 9.17) is 0 Å². The molecular formula is C17H26N2S. The molecule has 2 aliphatic heterocycles. The van der Waals surface area contributed by atoms with Crippen molar-refractivity contribution in [1.29, 1.82) is 0 Å². The lowest BCUT2D eigenvalue weighted by Gasteiger charge is -2.41. The second-order valence-electron chi connectivity index (χ2n) is 6.12. The predicted octanol–water partition coefficient (Wildman–Crippen LogP) is 3.91. The smallest absolute Gasteiger partial charge is 0.0382 e. The van der Waals surface area contributed by atoms with Gasteiger partial charge in [-0.05, 0) is 63.1 Å². The van der Waals surface area contributed by atoms with E-state index in [2.05, 4.69) is 47.7 Å². The molecular weight excluding hydrogens is 264 g/mol. The average Bonchev–Trinajstić information content (AvgIpc) is 2.76. The van der Waals surface area contributed by atoms with E-state index in [1.165, 1.54) is 49.2 Å². The lowest BCUT2D eigenvalue weighted by molar-refractivity contribution is 0.356. The molecule has 2 unspecified atom stereocenters. The Balaban J connectivity index is 1.73. The van der Waals surface area contributed by atoms with Crippen molar-refractivity contribution < 1.29 is 0 Å². The molecule has 1 N–H and O–H groups in total. The Hall–Kier alpha value is -0.670. The Kier molecular flexibility index (Phi) is 4.57. The number of anilines is 1. The van der Waals surface area contributed by atoms with Gasteiger partial charge >= 0.3 is 0 Å². The van der Waals surface area contributed by atoms with Crippen LogP contribution in [0.5, 0.6) is 0 Å². The fourth-order valence-corrected chi connectivity index (χ4v) is 4.34. The molecule has 0 radical (unpaired) electrons. The van der Waals surface area contributed by atoms with Crippen molar-refractivity contribution in [2.75, 3.05) is 17.7 Å². The van der Waals surface area contributed by atoms with Crippen LogP contribution < -0.4 is 10.2 Å². The number of hydrogen-bond acceptors (Lipinski definition) is 3. The zero-order valence-electron chi connectivity index (χ0n) is 12.6. The fourth-order valence-electron chi connectivity index (χ4n) is 3.88. The first-order chi connectivity index (χ1) is 9.81. The maximum Gasteiger partial charge on any atom is 0.0382 e. The van der Waals surface area contributed by atoms with Crippen LogP contribution in [0.25, 0.3) is 0 Å². The highest BCUT2D eigenvalue weighted by atomic mass is 32.2. The van der Waals surface area contributed by atoms with Gasteiger partial charge in [0, 0.05) is 28.7 Å². The highest BCUT2D eigenvalue weighted by molar-refractivity contribution is 7.98. The van der Waals surface area contributed by atoms with Gasteiger partial charge in [0.2, 0.25) is 0 Å². The third kappa shape index (κ3) is 2.84. The second kappa shape index (κ2) is 6.40. The Morgan fingerprint density at radius 3 is 2.65 bits per heavy atom. The number of hydrogen-bond donors (Lipinski definition) is 1. The molecule has 0 aliphatic carbocycles. The van der Waals surface area contributed by atoms with Gasteiger partial charge in [0.1, 0.15) is 0 Å². The van der Waals surface area contributed by atoms with Crippen LogP contribution in [0.1, 0.15) is 39.0 Å². The van der Waals surface area contributed by atoms with Gasteiger partial charge in [-0.1, -0.05) is 13.0 Å². The molecule has 3 rings (SSSR count). The first kappa shape index (κ1) is 14.3. The Morgan fingerprint density at radius 2 is 2.00 bits per heavy atom. The molecule has 2 nitrogen and oxygen atoms in total. The maximum absolute atomic E-state index is 3.74. The average molecular weight is 290 g/mol. The highest BCUT2D eigenvalue weighted by Crippen LogP contribution is 2.40. The van der Waals surface area contributed by atoms with E-state index in [1.807, 2.05) is 11.8 Å². The van der Waals surface area contributed by atoms with Crippen LogP contribution in [-0.2, 0) is 0 Å². The van der Waals surface area contributed by atoms with Gasteiger partial charge in [0.15, 0.2) is 0 Å². The molecule has 1 aromatic rings. The van der Waals surface area contributed by atoms with E-state index >= 15 is 0 Å². The summed E-state index contributed by atoms with van der Waals surface area (Å²) in [6, 6.07) is 11.3. The summed E-state index contributed by atoms with van der Waals surface area (Å²) in [4.78, 5) is 4.09. The minimum atomic E-state index is 0.743. The summed E-state index contributed by atoms with van der Waals surface area (Å²) in [7, 11) is 0. The zero-order chi connectivity index (χ0) is 13.9. The quantitative estimate of drug-likeness (QED) is 0.828. The van der Waals surface area contributed by atoms with Crippen LogP contribution in [-0.4, -0.2) is 30.9 Å². The Labute approximate surface area is 127 Å². The van der Waals surface area contributed by atoms with Gasteiger partial charge in [-0.3, -0.25) is 0 Å². The van der Waals surface area contributed by atoms with Crippen molar-refractivity contribution in [2.45, 2.75) is 62.0 Å². The molecule has 0 saturated carbocycles. The number of nitrogens with one attached hydrogen (secondary N) is 1. The van der Waals surface area contributed by atoms with Gasteiger partial charge in [-0.2, -0.15) is 0 Å². The molecule has 2 bridgehead atoms. The molecule has 0 aromatic heterocycles. The molecule has 110 valence electrons. The summed E-state index contributed by atoms with van der Waals surface area (Å²) in [5.41, 5.74) is 1.44. The molecule has 2 aliphatic rings. The summed E-state index contributed by atoms with van der Waals surface area (Å²) in [5, 5.41) is 3.74. The largest absolute Gasteiger partial charge is 0.365 e. The SMILES string of the molecule is CCCNC1CC2CCC(C1)N2c1cccc(SC)c1. The van der Waals surface area contributed by atoms with E-state index in [-0.39, 0.29) is 0 Å². The van der Waals surface area contributed by atoms with Crippen molar-refractivity contribution in [3.8, 4) is 0 Å². The van der Waals surface area contributed by atoms with Gasteiger partial charge < -0.3 is 10.2 Å². The minimum absolute atomic E-state index is 0.743. The van der Waals surface area contributed by atoms with Crippen molar-refractivity contribution in [2.24, 2.45) is 0 Å². The zero-order valence-corrected chi connectivity index (χ0v) is 13.5. The number of benzene rings is 1. The molecule has 2 atom stereocenters. The Morgan fingerprint density at radius 1 is 1.25 bits per heavy atom. The van der Waals surface area contributed by atoms with Gasteiger partial charge in [-0.25, -0.2) is 0 Å². The van der Waals surface area contributed by atoms with Gasteiger partial charge in [0.25, 0.3) is 0 Å². The van der Waals surface area contributed by atoms with E-state index in [0.29, 0.717) is 0 Å². The van der Waals surface area contributed by atoms with Crippen molar-refractivity contribution >= 4 is 17.4 Å². The molecule has 20 heavy (non-hydrogen) atoms. The summed E-state index contributed by atoms with van der Waals surface area (Å²) in [5.74, 6) is 0. The summed E-state index contributed by atoms with van der Waals surface area (Å²) in [6.07, 6.45) is 8.79. The summed E-state index contributed by atoms with van der Waals surface area (Å²) >= 11 is 1.84. The van der Waals surface area contributed by atoms with Crippen molar-refractivity contribution in [1.82, 2.24) is 5.32 Å². The highest BCUT2D eigenvalue weighted by Gasteiger charge is 2.40. The summed E-state index contributed by atoms with van der Waals surface area (Å²) < 4.78 is 0. The van der Waals surface area contributed by atoms with E-state index in [9.17, 15) is 0 Å². The molecule has 2 saturated heterocycles. The number of thioether (sulfide) groups is 1. The molecule has 0 amide bonds. The molecule has 3 heteroatoms. The van der Waals surface area contributed by atoms with E-state index in [0.717, 1.165) is 18.1 Å². The maximum atomic E-state index is 3.74.